The molecule has 0 N–H and O–H groups in total. The second-order valence-corrected chi connectivity index (χ2v) is 8.88. The van der Waals surface area contributed by atoms with Crippen molar-refractivity contribution in [3.05, 3.63) is 29.6 Å². The molecule has 3 rings (SSSR count). The van der Waals surface area contributed by atoms with Crippen molar-refractivity contribution >= 4 is 21.8 Å². The number of nitrogens with zero attached hydrogens (tertiary/aromatic N) is 4. The molecule has 3 heterocycles. The molecule has 0 aromatic carbocycles. The number of hydrogen-bond acceptors (Lipinski definition) is 5. The topological polar surface area (TPSA) is 90.9 Å². The molecule has 2 aliphatic rings. The van der Waals surface area contributed by atoms with Crippen LogP contribution in [-0.2, 0) is 26.2 Å². The molecule has 1 unspecified atom stereocenters. The van der Waals surface area contributed by atoms with Crippen LogP contribution in [0.2, 0.25) is 0 Å². The van der Waals surface area contributed by atoms with Gasteiger partial charge in [0.05, 0.1) is 17.4 Å². The van der Waals surface area contributed by atoms with E-state index in [1.807, 2.05) is 6.07 Å². The summed E-state index contributed by atoms with van der Waals surface area (Å²) < 4.78 is 25.4. The van der Waals surface area contributed by atoms with Crippen molar-refractivity contribution in [2.45, 2.75) is 26.3 Å². The number of amides is 2. The molecule has 0 spiro atoms. The third-order valence-corrected chi connectivity index (χ3v) is 6.95. The van der Waals surface area contributed by atoms with Gasteiger partial charge in [0.1, 0.15) is 0 Å². The number of carbonyl (C=O) groups excluding carboxylic acids is 2. The molecule has 2 aliphatic heterocycles. The summed E-state index contributed by atoms with van der Waals surface area (Å²) >= 11 is 0. The van der Waals surface area contributed by atoms with E-state index < -0.39 is 15.9 Å². The van der Waals surface area contributed by atoms with Crippen molar-refractivity contribution in [2.75, 3.05) is 38.5 Å². The summed E-state index contributed by atoms with van der Waals surface area (Å²) in [6.45, 7) is 5.22. The lowest BCUT2D eigenvalue weighted by atomic mass is 9.93. The Kier molecular flexibility index (Phi) is 5.29. The van der Waals surface area contributed by atoms with Crippen LogP contribution >= 0.6 is 0 Å². The molecule has 0 aliphatic carbocycles. The first kappa shape index (κ1) is 18.8. The third-order valence-electron chi connectivity index (χ3n) is 5.07. The van der Waals surface area contributed by atoms with E-state index >= 15 is 0 Å². The number of aromatic nitrogens is 1. The molecule has 0 radical (unpaired) electrons. The summed E-state index contributed by atoms with van der Waals surface area (Å²) in [5.74, 6) is -0.604. The molecule has 1 fully saturated rings. The van der Waals surface area contributed by atoms with Gasteiger partial charge in [-0.15, -0.1) is 0 Å². The van der Waals surface area contributed by atoms with E-state index in [1.54, 1.807) is 29.0 Å². The zero-order valence-electron chi connectivity index (χ0n) is 15.1. The number of carbonyl (C=O) groups is 2. The van der Waals surface area contributed by atoms with Crippen molar-refractivity contribution in [3.63, 3.8) is 0 Å². The fourth-order valence-electron chi connectivity index (χ4n) is 3.50. The predicted octanol–water partition coefficient (Wildman–Crippen LogP) is 0.0212. The maximum atomic E-state index is 13.1. The lowest BCUT2D eigenvalue weighted by Gasteiger charge is -2.38. The number of fused-ring (bicyclic) bond motifs is 1. The van der Waals surface area contributed by atoms with Crippen LogP contribution in [0, 0.1) is 0 Å². The van der Waals surface area contributed by atoms with Gasteiger partial charge in [-0.1, -0.05) is 6.07 Å². The minimum atomic E-state index is -3.23. The Bertz CT molecular complexity index is 803. The summed E-state index contributed by atoms with van der Waals surface area (Å²) in [6.07, 6.45) is 1.66. The van der Waals surface area contributed by atoms with Crippen molar-refractivity contribution < 1.29 is 18.0 Å². The second kappa shape index (κ2) is 7.32. The van der Waals surface area contributed by atoms with Gasteiger partial charge in [-0.2, -0.15) is 4.31 Å². The molecule has 1 atom stereocenters. The number of pyridine rings is 1. The highest BCUT2D eigenvalue weighted by atomic mass is 32.2. The minimum Gasteiger partial charge on any atom is -0.339 e. The van der Waals surface area contributed by atoms with Crippen LogP contribution in [0.5, 0.6) is 0 Å². The Morgan fingerprint density at radius 1 is 1.19 bits per heavy atom. The zero-order valence-corrected chi connectivity index (χ0v) is 15.9. The van der Waals surface area contributed by atoms with Gasteiger partial charge < -0.3 is 9.80 Å². The van der Waals surface area contributed by atoms with Crippen molar-refractivity contribution in [2.24, 2.45) is 0 Å². The van der Waals surface area contributed by atoms with Crippen LogP contribution in [0.25, 0.3) is 0 Å². The largest absolute Gasteiger partial charge is 0.339 e. The summed E-state index contributed by atoms with van der Waals surface area (Å²) in [4.78, 5) is 32.7. The number of hydrogen-bond donors (Lipinski definition) is 0. The fraction of sp³-hybridized carbons (Fsp3) is 0.588. The Labute approximate surface area is 153 Å². The third kappa shape index (κ3) is 3.59. The van der Waals surface area contributed by atoms with E-state index in [0.717, 1.165) is 11.3 Å². The van der Waals surface area contributed by atoms with Gasteiger partial charge in [-0.3, -0.25) is 14.6 Å². The van der Waals surface area contributed by atoms with Crippen LogP contribution in [0.1, 0.15) is 31.0 Å². The first-order valence-electron chi connectivity index (χ1n) is 8.79. The monoisotopic (exact) mass is 380 g/mol. The highest BCUT2D eigenvalue weighted by molar-refractivity contribution is 7.89. The lowest BCUT2D eigenvalue weighted by molar-refractivity contribution is -0.137. The molecule has 0 bridgehead atoms. The zero-order chi connectivity index (χ0) is 18.9. The maximum Gasteiger partial charge on any atom is 0.233 e. The molecule has 26 heavy (non-hydrogen) atoms. The van der Waals surface area contributed by atoms with Crippen LogP contribution < -0.4 is 0 Å². The van der Waals surface area contributed by atoms with Gasteiger partial charge >= 0.3 is 0 Å². The van der Waals surface area contributed by atoms with E-state index in [2.05, 4.69) is 4.98 Å². The Hall–Kier alpha value is -2.00. The van der Waals surface area contributed by atoms with Gasteiger partial charge in [0.15, 0.2) is 0 Å². The molecule has 1 aromatic heterocycles. The first-order chi connectivity index (χ1) is 12.3. The quantitative estimate of drug-likeness (QED) is 0.737. The summed E-state index contributed by atoms with van der Waals surface area (Å²) in [7, 11) is -3.23. The van der Waals surface area contributed by atoms with Gasteiger partial charge in [0.25, 0.3) is 0 Å². The van der Waals surface area contributed by atoms with E-state index in [0.29, 0.717) is 39.3 Å². The second-order valence-electron chi connectivity index (χ2n) is 6.62. The summed E-state index contributed by atoms with van der Waals surface area (Å²) in [5, 5.41) is 0. The SMILES string of the molecule is CCS(=O)(=O)N1CCN(C(=O)C2CN(C(C)=O)Cc3cccnc32)CC1. The highest BCUT2D eigenvalue weighted by Crippen LogP contribution is 2.28. The number of rotatable bonds is 3. The molecule has 142 valence electrons. The van der Waals surface area contributed by atoms with Gasteiger partial charge in [-0.25, -0.2) is 8.42 Å². The summed E-state index contributed by atoms with van der Waals surface area (Å²) in [5.41, 5.74) is 1.61. The van der Waals surface area contributed by atoms with Gasteiger partial charge in [0.2, 0.25) is 21.8 Å². The molecular formula is C17H24N4O4S. The predicted molar refractivity (Wildman–Crippen MR) is 95.7 cm³/mol. The molecule has 9 heteroatoms. The van der Waals surface area contributed by atoms with Crippen LogP contribution in [0.15, 0.2) is 18.3 Å². The van der Waals surface area contributed by atoms with Crippen molar-refractivity contribution in [3.8, 4) is 0 Å². The normalized spacial score (nSPS) is 21.4. The Morgan fingerprint density at radius 2 is 1.88 bits per heavy atom. The van der Waals surface area contributed by atoms with Crippen molar-refractivity contribution in [1.82, 2.24) is 19.1 Å². The standard InChI is InChI=1S/C17H24N4O4S/c1-3-26(24,25)21-9-7-19(8-10-21)17(23)15-12-20(13(2)22)11-14-5-4-6-18-16(14)15/h4-6,15H,3,7-12H2,1-2H3. The number of piperazine rings is 1. The molecular weight excluding hydrogens is 356 g/mol. The molecule has 1 aromatic rings. The average Bonchev–Trinajstić information content (AvgIpc) is 2.66. The average molecular weight is 380 g/mol. The first-order valence-corrected chi connectivity index (χ1v) is 10.4. The van der Waals surface area contributed by atoms with E-state index in [9.17, 15) is 18.0 Å². The minimum absolute atomic E-state index is 0.0639. The van der Waals surface area contributed by atoms with Crippen molar-refractivity contribution in [1.29, 1.82) is 0 Å². The van der Waals surface area contributed by atoms with Crippen LogP contribution in [0.3, 0.4) is 0 Å². The molecule has 8 nitrogen and oxygen atoms in total. The highest BCUT2D eigenvalue weighted by Gasteiger charge is 2.37. The molecule has 2 amide bonds. The Morgan fingerprint density at radius 3 is 2.50 bits per heavy atom. The van der Waals surface area contributed by atoms with Crippen LogP contribution in [0.4, 0.5) is 0 Å². The summed E-state index contributed by atoms with van der Waals surface area (Å²) in [6, 6.07) is 3.70. The van der Waals surface area contributed by atoms with E-state index in [-0.39, 0.29) is 17.6 Å². The van der Waals surface area contributed by atoms with Gasteiger partial charge in [-0.05, 0) is 18.6 Å². The maximum absolute atomic E-state index is 13.1. The molecule has 0 saturated carbocycles. The van der Waals surface area contributed by atoms with Gasteiger partial charge in [0, 0.05) is 52.4 Å². The van der Waals surface area contributed by atoms with E-state index in [4.69, 9.17) is 0 Å². The molecule has 1 saturated heterocycles. The Balaban J connectivity index is 1.76. The fourth-order valence-corrected chi connectivity index (χ4v) is 4.58. The van der Waals surface area contributed by atoms with E-state index in [1.165, 1.54) is 11.2 Å². The smallest absolute Gasteiger partial charge is 0.233 e. The van der Waals surface area contributed by atoms with Crippen LogP contribution in [-0.4, -0.2) is 77.8 Å². The lowest BCUT2D eigenvalue weighted by Crippen LogP contribution is -2.53. The number of sulfonamides is 1.